The summed E-state index contributed by atoms with van der Waals surface area (Å²) >= 11 is 0. The van der Waals surface area contributed by atoms with E-state index in [2.05, 4.69) is 48.5 Å². The Hall–Kier alpha value is -0.800. The maximum absolute atomic E-state index is 3.41. The van der Waals surface area contributed by atoms with Crippen molar-refractivity contribution >= 4 is 0 Å². The second kappa shape index (κ2) is 5.69. The standard InChI is InChI=1S/C14H25N3/c1-15-12-8-6-11(7-9-12)14(17(2)3)13-5-4-10-16-13/h4-5,10-12,14-16H,6-9H2,1-3H3. The van der Waals surface area contributed by atoms with Gasteiger partial charge in [-0.25, -0.2) is 0 Å². The fourth-order valence-electron chi connectivity index (χ4n) is 3.21. The average Bonchev–Trinajstić information content (AvgIpc) is 2.83. The highest BCUT2D eigenvalue weighted by Crippen LogP contribution is 2.36. The van der Waals surface area contributed by atoms with Crippen LogP contribution in [-0.2, 0) is 0 Å². The zero-order valence-corrected chi connectivity index (χ0v) is 11.2. The predicted molar refractivity (Wildman–Crippen MR) is 72.0 cm³/mol. The van der Waals surface area contributed by atoms with Gasteiger partial charge in [0.1, 0.15) is 0 Å². The van der Waals surface area contributed by atoms with Gasteiger partial charge in [0, 0.05) is 17.9 Å². The van der Waals surface area contributed by atoms with Crippen LogP contribution in [0.15, 0.2) is 18.3 Å². The molecule has 0 spiro atoms. The lowest BCUT2D eigenvalue weighted by molar-refractivity contribution is 0.156. The van der Waals surface area contributed by atoms with E-state index in [4.69, 9.17) is 0 Å². The van der Waals surface area contributed by atoms with Gasteiger partial charge in [-0.1, -0.05) is 0 Å². The summed E-state index contributed by atoms with van der Waals surface area (Å²) in [5.41, 5.74) is 1.36. The molecule has 1 atom stereocenters. The topological polar surface area (TPSA) is 31.1 Å². The molecule has 96 valence electrons. The van der Waals surface area contributed by atoms with Gasteiger partial charge in [0.25, 0.3) is 0 Å². The summed E-state index contributed by atoms with van der Waals surface area (Å²) < 4.78 is 0. The molecule has 1 heterocycles. The van der Waals surface area contributed by atoms with Gasteiger partial charge in [-0.3, -0.25) is 0 Å². The smallest absolute Gasteiger partial charge is 0.0521 e. The Balaban J connectivity index is 2.03. The molecule has 0 radical (unpaired) electrons. The summed E-state index contributed by atoms with van der Waals surface area (Å²) in [6.45, 7) is 0. The number of rotatable bonds is 4. The Kier molecular flexibility index (Phi) is 4.24. The highest BCUT2D eigenvalue weighted by Gasteiger charge is 2.29. The summed E-state index contributed by atoms with van der Waals surface area (Å²) in [7, 11) is 6.46. The molecule has 2 rings (SSSR count). The number of H-pyrrole nitrogens is 1. The minimum atomic E-state index is 0.544. The molecule has 0 saturated heterocycles. The summed E-state index contributed by atoms with van der Waals surface area (Å²) in [5, 5.41) is 3.41. The molecule has 1 aromatic heterocycles. The molecule has 0 amide bonds. The number of hydrogen-bond acceptors (Lipinski definition) is 2. The van der Waals surface area contributed by atoms with Crippen molar-refractivity contribution in [3.05, 3.63) is 24.0 Å². The molecule has 1 aliphatic rings. The molecular weight excluding hydrogens is 210 g/mol. The van der Waals surface area contributed by atoms with Crippen LogP contribution in [0.1, 0.15) is 37.4 Å². The molecule has 1 aliphatic carbocycles. The Morgan fingerprint density at radius 1 is 1.29 bits per heavy atom. The van der Waals surface area contributed by atoms with Crippen LogP contribution < -0.4 is 5.32 Å². The molecule has 3 nitrogen and oxygen atoms in total. The van der Waals surface area contributed by atoms with Crippen LogP contribution in [0.25, 0.3) is 0 Å². The zero-order chi connectivity index (χ0) is 12.3. The molecule has 1 unspecified atom stereocenters. The predicted octanol–water partition coefficient (Wildman–Crippen LogP) is 2.40. The molecule has 0 aromatic carbocycles. The van der Waals surface area contributed by atoms with Gasteiger partial charge in [-0.2, -0.15) is 0 Å². The second-order valence-electron chi connectivity index (χ2n) is 5.43. The minimum absolute atomic E-state index is 0.544. The molecule has 1 saturated carbocycles. The van der Waals surface area contributed by atoms with Gasteiger partial charge in [-0.15, -0.1) is 0 Å². The van der Waals surface area contributed by atoms with Gasteiger partial charge in [0.15, 0.2) is 0 Å². The van der Waals surface area contributed by atoms with Crippen molar-refractivity contribution in [3.8, 4) is 0 Å². The Labute approximate surface area is 105 Å². The first-order chi connectivity index (χ1) is 8.22. The van der Waals surface area contributed by atoms with E-state index >= 15 is 0 Å². The fourth-order valence-corrected chi connectivity index (χ4v) is 3.21. The lowest BCUT2D eigenvalue weighted by atomic mass is 9.80. The number of hydrogen-bond donors (Lipinski definition) is 2. The van der Waals surface area contributed by atoms with Crippen LogP contribution in [-0.4, -0.2) is 37.1 Å². The molecule has 0 bridgehead atoms. The first kappa shape index (κ1) is 12.7. The molecule has 0 aliphatic heterocycles. The van der Waals surface area contributed by atoms with Crippen molar-refractivity contribution in [1.29, 1.82) is 0 Å². The van der Waals surface area contributed by atoms with Crippen molar-refractivity contribution in [2.75, 3.05) is 21.1 Å². The average molecular weight is 235 g/mol. The lowest BCUT2D eigenvalue weighted by Gasteiger charge is -2.36. The summed E-state index contributed by atoms with van der Waals surface area (Å²) in [4.78, 5) is 5.74. The molecule has 1 fully saturated rings. The molecule has 2 N–H and O–H groups in total. The van der Waals surface area contributed by atoms with E-state index in [1.807, 2.05) is 6.20 Å². The van der Waals surface area contributed by atoms with Gasteiger partial charge in [-0.05, 0) is 64.9 Å². The Morgan fingerprint density at radius 3 is 2.47 bits per heavy atom. The van der Waals surface area contributed by atoms with Crippen molar-refractivity contribution in [3.63, 3.8) is 0 Å². The Bertz CT molecular complexity index is 310. The van der Waals surface area contributed by atoms with E-state index < -0.39 is 0 Å². The molecular formula is C14H25N3. The van der Waals surface area contributed by atoms with Gasteiger partial charge < -0.3 is 15.2 Å². The van der Waals surface area contributed by atoms with E-state index in [1.54, 1.807) is 0 Å². The van der Waals surface area contributed by atoms with Crippen LogP contribution in [0, 0.1) is 5.92 Å². The van der Waals surface area contributed by atoms with Crippen LogP contribution in [0.2, 0.25) is 0 Å². The number of aromatic amines is 1. The SMILES string of the molecule is CNC1CCC(C(c2ccc[nH]2)N(C)C)CC1. The zero-order valence-electron chi connectivity index (χ0n) is 11.2. The maximum Gasteiger partial charge on any atom is 0.0521 e. The van der Waals surface area contributed by atoms with E-state index in [9.17, 15) is 0 Å². The van der Waals surface area contributed by atoms with E-state index in [-0.39, 0.29) is 0 Å². The third-order valence-corrected chi connectivity index (χ3v) is 4.12. The van der Waals surface area contributed by atoms with E-state index in [1.165, 1.54) is 31.4 Å². The van der Waals surface area contributed by atoms with Crippen molar-refractivity contribution in [1.82, 2.24) is 15.2 Å². The number of nitrogens with one attached hydrogen (secondary N) is 2. The second-order valence-corrected chi connectivity index (χ2v) is 5.43. The van der Waals surface area contributed by atoms with E-state index in [0.717, 1.165) is 12.0 Å². The largest absolute Gasteiger partial charge is 0.364 e. The summed E-state index contributed by atoms with van der Waals surface area (Å²) in [6, 6.07) is 5.60. The third kappa shape index (κ3) is 2.90. The quantitative estimate of drug-likeness (QED) is 0.839. The molecule has 1 aromatic rings. The lowest BCUT2D eigenvalue weighted by Crippen LogP contribution is -2.35. The van der Waals surface area contributed by atoms with Crippen molar-refractivity contribution in [2.24, 2.45) is 5.92 Å². The highest BCUT2D eigenvalue weighted by atomic mass is 15.1. The van der Waals surface area contributed by atoms with Crippen LogP contribution in [0.3, 0.4) is 0 Å². The maximum atomic E-state index is 3.41. The molecule has 3 heteroatoms. The minimum Gasteiger partial charge on any atom is -0.364 e. The Morgan fingerprint density at radius 2 is 2.00 bits per heavy atom. The van der Waals surface area contributed by atoms with Crippen LogP contribution in [0.5, 0.6) is 0 Å². The van der Waals surface area contributed by atoms with Crippen molar-refractivity contribution in [2.45, 2.75) is 37.8 Å². The third-order valence-electron chi connectivity index (χ3n) is 4.12. The fraction of sp³-hybridized carbons (Fsp3) is 0.714. The summed E-state index contributed by atoms with van der Waals surface area (Å²) in [6.07, 6.45) is 7.31. The van der Waals surface area contributed by atoms with Gasteiger partial charge in [0.05, 0.1) is 6.04 Å². The number of aromatic nitrogens is 1. The monoisotopic (exact) mass is 235 g/mol. The summed E-state index contributed by atoms with van der Waals surface area (Å²) in [5.74, 6) is 0.785. The normalized spacial score (nSPS) is 27.3. The van der Waals surface area contributed by atoms with Crippen LogP contribution >= 0.6 is 0 Å². The highest BCUT2D eigenvalue weighted by molar-refractivity contribution is 5.11. The van der Waals surface area contributed by atoms with E-state index in [0.29, 0.717) is 6.04 Å². The van der Waals surface area contributed by atoms with Gasteiger partial charge in [0.2, 0.25) is 0 Å². The van der Waals surface area contributed by atoms with Crippen LogP contribution in [0.4, 0.5) is 0 Å². The van der Waals surface area contributed by atoms with Gasteiger partial charge >= 0.3 is 0 Å². The first-order valence-electron chi connectivity index (χ1n) is 6.69. The molecule has 17 heavy (non-hydrogen) atoms. The number of nitrogens with zero attached hydrogens (tertiary/aromatic N) is 1. The first-order valence-corrected chi connectivity index (χ1v) is 6.69. The van der Waals surface area contributed by atoms with Crippen molar-refractivity contribution < 1.29 is 0 Å².